The van der Waals surface area contributed by atoms with Gasteiger partial charge in [0.2, 0.25) is 0 Å². The van der Waals surface area contributed by atoms with Gasteiger partial charge in [0.05, 0.1) is 11.8 Å². The average molecular weight is 230 g/mol. The van der Waals surface area contributed by atoms with Gasteiger partial charge in [-0.3, -0.25) is 4.79 Å². The van der Waals surface area contributed by atoms with E-state index in [4.69, 9.17) is 9.52 Å². The molecule has 17 heavy (non-hydrogen) atoms. The maximum atomic E-state index is 11.3. The van der Waals surface area contributed by atoms with Crippen LogP contribution in [0.25, 0.3) is 11.1 Å². The normalized spacial score (nSPS) is 10.2. The van der Waals surface area contributed by atoms with Gasteiger partial charge in [-0.05, 0) is 23.8 Å². The Morgan fingerprint density at radius 3 is 2.65 bits per heavy atom. The topological polar surface area (TPSA) is 67.5 Å². The van der Waals surface area contributed by atoms with Crippen LogP contribution in [0.5, 0.6) is 0 Å². The number of carbonyl (C=O) groups is 2. The standard InChI is InChI=1S/C13H10O4/c1-8(14)12-11(5-6-17-12)9-3-2-4-10(7-9)13(15)16/h2-7H,1H3,(H,15,16). The number of carboxylic acids is 1. The first-order valence-corrected chi connectivity index (χ1v) is 5.02. The van der Waals surface area contributed by atoms with Gasteiger partial charge in [0.1, 0.15) is 0 Å². The zero-order chi connectivity index (χ0) is 12.4. The van der Waals surface area contributed by atoms with Crippen molar-refractivity contribution in [2.24, 2.45) is 0 Å². The summed E-state index contributed by atoms with van der Waals surface area (Å²) in [6.45, 7) is 1.41. The van der Waals surface area contributed by atoms with Gasteiger partial charge in [-0.1, -0.05) is 12.1 Å². The van der Waals surface area contributed by atoms with Crippen LogP contribution in [0, 0.1) is 0 Å². The van der Waals surface area contributed by atoms with Crippen molar-refractivity contribution in [3.05, 3.63) is 47.9 Å². The molecule has 4 nitrogen and oxygen atoms in total. The minimum Gasteiger partial charge on any atom is -0.478 e. The summed E-state index contributed by atoms with van der Waals surface area (Å²) in [6.07, 6.45) is 1.42. The molecule has 0 aliphatic rings. The highest BCUT2D eigenvalue weighted by molar-refractivity contribution is 5.98. The summed E-state index contributed by atoms with van der Waals surface area (Å²) in [5.74, 6) is -0.946. The number of hydrogen-bond donors (Lipinski definition) is 1. The highest BCUT2D eigenvalue weighted by atomic mass is 16.4. The van der Waals surface area contributed by atoms with Gasteiger partial charge < -0.3 is 9.52 Å². The van der Waals surface area contributed by atoms with E-state index in [-0.39, 0.29) is 17.1 Å². The second-order valence-corrected chi connectivity index (χ2v) is 3.61. The van der Waals surface area contributed by atoms with Gasteiger partial charge in [-0.25, -0.2) is 4.79 Å². The summed E-state index contributed by atoms with van der Waals surface area (Å²) in [5, 5.41) is 8.89. The number of hydrogen-bond acceptors (Lipinski definition) is 3. The average Bonchev–Trinajstić information content (AvgIpc) is 2.78. The molecule has 1 aromatic heterocycles. The van der Waals surface area contributed by atoms with Crippen LogP contribution >= 0.6 is 0 Å². The van der Waals surface area contributed by atoms with Gasteiger partial charge in [0, 0.05) is 12.5 Å². The van der Waals surface area contributed by atoms with Crippen LogP contribution in [0.3, 0.4) is 0 Å². The molecule has 0 unspecified atom stereocenters. The third-order valence-corrected chi connectivity index (χ3v) is 2.41. The minimum absolute atomic E-state index is 0.179. The summed E-state index contributed by atoms with van der Waals surface area (Å²) in [4.78, 5) is 22.2. The molecule has 1 N–H and O–H groups in total. The van der Waals surface area contributed by atoms with E-state index in [0.717, 1.165) is 0 Å². The van der Waals surface area contributed by atoms with E-state index in [9.17, 15) is 9.59 Å². The summed E-state index contributed by atoms with van der Waals surface area (Å²) in [7, 11) is 0. The fraction of sp³-hybridized carbons (Fsp3) is 0.0769. The molecule has 4 heteroatoms. The fourth-order valence-corrected chi connectivity index (χ4v) is 1.63. The van der Waals surface area contributed by atoms with Crippen molar-refractivity contribution in [2.75, 3.05) is 0 Å². The molecule has 0 saturated carbocycles. The smallest absolute Gasteiger partial charge is 0.335 e. The van der Waals surface area contributed by atoms with Gasteiger partial charge >= 0.3 is 5.97 Å². The number of furan rings is 1. The van der Waals surface area contributed by atoms with E-state index in [2.05, 4.69) is 0 Å². The van der Waals surface area contributed by atoms with E-state index in [1.54, 1.807) is 18.2 Å². The number of carbonyl (C=O) groups excluding carboxylic acids is 1. The maximum absolute atomic E-state index is 11.3. The lowest BCUT2D eigenvalue weighted by Crippen LogP contribution is -1.97. The Labute approximate surface area is 97.5 Å². The van der Waals surface area contributed by atoms with E-state index in [0.29, 0.717) is 11.1 Å². The molecule has 2 aromatic rings. The molecule has 0 spiro atoms. The van der Waals surface area contributed by atoms with E-state index in [1.807, 2.05) is 0 Å². The Hall–Kier alpha value is -2.36. The zero-order valence-corrected chi connectivity index (χ0v) is 9.14. The Morgan fingerprint density at radius 1 is 1.24 bits per heavy atom. The second-order valence-electron chi connectivity index (χ2n) is 3.61. The van der Waals surface area contributed by atoms with Crippen LogP contribution in [0.1, 0.15) is 27.8 Å². The lowest BCUT2D eigenvalue weighted by atomic mass is 10.0. The van der Waals surface area contributed by atoms with Crippen molar-refractivity contribution >= 4 is 11.8 Å². The summed E-state index contributed by atoms with van der Waals surface area (Å²) >= 11 is 0. The van der Waals surface area contributed by atoms with Gasteiger partial charge in [-0.2, -0.15) is 0 Å². The Balaban J connectivity index is 2.53. The monoisotopic (exact) mass is 230 g/mol. The molecule has 0 atom stereocenters. The highest BCUT2D eigenvalue weighted by Crippen LogP contribution is 2.26. The lowest BCUT2D eigenvalue weighted by Gasteiger charge is -2.01. The quantitative estimate of drug-likeness (QED) is 0.823. The molecule has 0 radical (unpaired) electrons. The Bertz CT molecular complexity index is 581. The van der Waals surface area contributed by atoms with Crippen LogP contribution in [0.4, 0.5) is 0 Å². The van der Waals surface area contributed by atoms with Crippen molar-refractivity contribution in [2.45, 2.75) is 6.92 Å². The number of Topliss-reactive ketones (excluding diaryl/α,β-unsaturated/α-hetero) is 1. The highest BCUT2D eigenvalue weighted by Gasteiger charge is 2.14. The predicted molar refractivity (Wildman–Crippen MR) is 61.1 cm³/mol. The fourth-order valence-electron chi connectivity index (χ4n) is 1.63. The third kappa shape index (κ3) is 2.10. The van der Waals surface area contributed by atoms with Crippen LogP contribution < -0.4 is 0 Å². The first-order chi connectivity index (χ1) is 8.09. The van der Waals surface area contributed by atoms with Crippen molar-refractivity contribution < 1.29 is 19.1 Å². The van der Waals surface area contributed by atoms with Crippen molar-refractivity contribution in [1.82, 2.24) is 0 Å². The Kier molecular flexibility index (Phi) is 2.78. The molecule has 0 fully saturated rings. The molecule has 1 aromatic carbocycles. The van der Waals surface area contributed by atoms with E-state index in [1.165, 1.54) is 25.3 Å². The van der Waals surface area contributed by atoms with Crippen LogP contribution in [0.15, 0.2) is 41.0 Å². The first kappa shape index (κ1) is 11.1. The molecular formula is C13H10O4. The van der Waals surface area contributed by atoms with Crippen LogP contribution in [-0.4, -0.2) is 16.9 Å². The van der Waals surface area contributed by atoms with Crippen molar-refractivity contribution in [3.63, 3.8) is 0 Å². The number of rotatable bonds is 3. The van der Waals surface area contributed by atoms with Crippen LogP contribution in [-0.2, 0) is 0 Å². The van der Waals surface area contributed by atoms with Gasteiger partial charge in [0.25, 0.3) is 0 Å². The third-order valence-electron chi connectivity index (χ3n) is 2.41. The van der Waals surface area contributed by atoms with Crippen molar-refractivity contribution in [3.8, 4) is 11.1 Å². The molecule has 0 saturated heterocycles. The van der Waals surface area contributed by atoms with E-state index < -0.39 is 5.97 Å². The number of carboxylic acid groups (broad SMARTS) is 1. The number of ketones is 1. The minimum atomic E-state index is -1.00. The molecule has 0 aliphatic carbocycles. The summed E-state index contributed by atoms with van der Waals surface area (Å²) in [6, 6.07) is 8.04. The summed E-state index contributed by atoms with van der Waals surface area (Å²) < 4.78 is 5.08. The number of benzene rings is 1. The molecule has 0 amide bonds. The van der Waals surface area contributed by atoms with Gasteiger partial charge in [-0.15, -0.1) is 0 Å². The molecule has 0 bridgehead atoms. The molecule has 0 aliphatic heterocycles. The van der Waals surface area contributed by atoms with Crippen molar-refractivity contribution in [1.29, 1.82) is 0 Å². The molecular weight excluding hydrogens is 220 g/mol. The largest absolute Gasteiger partial charge is 0.478 e. The zero-order valence-electron chi connectivity index (χ0n) is 9.14. The SMILES string of the molecule is CC(=O)c1occc1-c1cccc(C(=O)O)c1. The van der Waals surface area contributed by atoms with Gasteiger partial charge in [0.15, 0.2) is 11.5 Å². The number of aromatic carboxylic acids is 1. The van der Waals surface area contributed by atoms with E-state index >= 15 is 0 Å². The lowest BCUT2D eigenvalue weighted by molar-refractivity contribution is 0.0696. The molecule has 86 valence electrons. The summed E-state index contributed by atoms with van der Waals surface area (Å²) in [5.41, 5.74) is 1.45. The van der Waals surface area contributed by atoms with Crippen LogP contribution in [0.2, 0.25) is 0 Å². The second kappa shape index (κ2) is 4.25. The maximum Gasteiger partial charge on any atom is 0.335 e. The predicted octanol–water partition coefficient (Wildman–Crippen LogP) is 2.85. The first-order valence-electron chi connectivity index (χ1n) is 5.02. The Morgan fingerprint density at radius 2 is 2.00 bits per heavy atom. The molecule has 1 heterocycles. The molecule has 2 rings (SSSR count).